The van der Waals surface area contributed by atoms with Gasteiger partial charge in [0.15, 0.2) is 0 Å². The van der Waals surface area contributed by atoms with Crippen molar-refractivity contribution in [1.29, 1.82) is 0 Å². The predicted octanol–water partition coefficient (Wildman–Crippen LogP) is 3.42. The summed E-state index contributed by atoms with van der Waals surface area (Å²) >= 11 is 5.81. The van der Waals surface area contributed by atoms with E-state index in [1.807, 2.05) is 6.07 Å². The van der Waals surface area contributed by atoms with E-state index in [1.54, 1.807) is 24.3 Å². The monoisotopic (exact) mass is 300 g/mol. The van der Waals surface area contributed by atoms with Crippen molar-refractivity contribution in [3.8, 4) is 0 Å². The molecule has 0 radical (unpaired) electrons. The van der Waals surface area contributed by atoms with Crippen LogP contribution in [0.2, 0.25) is 5.02 Å². The highest BCUT2D eigenvalue weighted by atomic mass is 35.5. The van der Waals surface area contributed by atoms with E-state index in [4.69, 9.17) is 11.6 Å². The highest BCUT2D eigenvalue weighted by Gasteiger charge is 2.37. The summed E-state index contributed by atoms with van der Waals surface area (Å²) in [5.41, 5.74) is 2.11. The third-order valence-electron chi connectivity index (χ3n) is 3.67. The molecule has 3 nitrogen and oxygen atoms in total. The van der Waals surface area contributed by atoms with Crippen molar-refractivity contribution in [2.45, 2.75) is 18.4 Å². The molecule has 2 aromatic rings. The fourth-order valence-corrected chi connectivity index (χ4v) is 2.58. The average Bonchev–Trinajstić information content (AvgIpc) is 3.28. The third kappa shape index (κ3) is 3.84. The Bertz CT molecular complexity index is 612. The number of rotatable bonds is 5. The quantitative estimate of drug-likeness (QED) is 0.888. The van der Waals surface area contributed by atoms with Crippen LogP contribution in [0.25, 0.3) is 0 Å². The Morgan fingerprint density at radius 1 is 1.10 bits per heavy atom. The molecular formula is C17H17ClN2O. The summed E-state index contributed by atoms with van der Waals surface area (Å²) in [6.07, 6.45) is 1.10. The summed E-state index contributed by atoms with van der Waals surface area (Å²) in [6, 6.07) is 17.9. The standard InChI is InChI=1S/C17H17ClN2O/c18-13-6-8-14(9-7-13)20-17(21)11-19-16-10-15(16)12-4-2-1-3-5-12/h1-9,15-16,19H,10-11H2,(H,20,21). The number of hydrogen-bond donors (Lipinski definition) is 2. The molecule has 0 spiro atoms. The van der Waals surface area contributed by atoms with Crippen LogP contribution in [0.3, 0.4) is 0 Å². The van der Waals surface area contributed by atoms with Gasteiger partial charge in [-0.15, -0.1) is 0 Å². The Hall–Kier alpha value is -1.84. The van der Waals surface area contributed by atoms with Crippen molar-refractivity contribution in [1.82, 2.24) is 5.32 Å². The van der Waals surface area contributed by atoms with E-state index in [0.29, 0.717) is 23.5 Å². The molecular weight excluding hydrogens is 284 g/mol. The maximum atomic E-state index is 11.9. The highest BCUT2D eigenvalue weighted by molar-refractivity contribution is 6.30. The van der Waals surface area contributed by atoms with E-state index >= 15 is 0 Å². The van der Waals surface area contributed by atoms with Crippen LogP contribution in [-0.4, -0.2) is 18.5 Å². The van der Waals surface area contributed by atoms with Gasteiger partial charge >= 0.3 is 0 Å². The summed E-state index contributed by atoms with van der Waals surface area (Å²) in [6.45, 7) is 0.330. The number of nitrogens with one attached hydrogen (secondary N) is 2. The molecule has 21 heavy (non-hydrogen) atoms. The lowest BCUT2D eigenvalue weighted by molar-refractivity contribution is -0.115. The number of carbonyl (C=O) groups is 1. The zero-order valence-corrected chi connectivity index (χ0v) is 12.3. The maximum Gasteiger partial charge on any atom is 0.238 e. The smallest absolute Gasteiger partial charge is 0.238 e. The van der Waals surface area contributed by atoms with Crippen molar-refractivity contribution >= 4 is 23.2 Å². The van der Waals surface area contributed by atoms with Gasteiger partial charge in [0, 0.05) is 22.7 Å². The Morgan fingerprint density at radius 3 is 2.52 bits per heavy atom. The van der Waals surface area contributed by atoms with Gasteiger partial charge < -0.3 is 10.6 Å². The first-order valence-corrected chi connectivity index (χ1v) is 7.44. The highest BCUT2D eigenvalue weighted by Crippen LogP contribution is 2.40. The second-order valence-corrected chi connectivity index (χ2v) is 5.73. The van der Waals surface area contributed by atoms with Crippen LogP contribution in [0.4, 0.5) is 5.69 Å². The molecule has 1 saturated carbocycles. The van der Waals surface area contributed by atoms with Crippen LogP contribution in [0.1, 0.15) is 17.9 Å². The summed E-state index contributed by atoms with van der Waals surface area (Å²) in [5, 5.41) is 6.81. The molecule has 2 unspecified atom stereocenters. The summed E-state index contributed by atoms with van der Waals surface area (Å²) < 4.78 is 0. The number of benzene rings is 2. The number of carbonyl (C=O) groups excluding carboxylic acids is 1. The van der Waals surface area contributed by atoms with Gasteiger partial charge in [0.25, 0.3) is 0 Å². The van der Waals surface area contributed by atoms with Gasteiger partial charge in [0.2, 0.25) is 5.91 Å². The van der Waals surface area contributed by atoms with Gasteiger partial charge in [-0.2, -0.15) is 0 Å². The molecule has 4 heteroatoms. The Labute approximate surface area is 129 Å². The molecule has 0 saturated heterocycles. The first kappa shape index (κ1) is 14.1. The lowest BCUT2D eigenvalue weighted by Gasteiger charge is -2.07. The van der Waals surface area contributed by atoms with Crippen molar-refractivity contribution in [2.75, 3.05) is 11.9 Å². The average molecular weight is 301 g/mol. The number of hydrogen-bond acceptors (Lipinski definition) is 2. The van der Waals surface area contributed by atoms with Gasteiger partial charge in [0.05, 0.1) is 6.54 Å². The third-order valence-corrected chi connectivity index (χ3v) is 3.92. The Morgan fingerprint density at radius 2 is 1.81 bits per heavy atom. The Kier molecular flexibility index (Phi) is 4.23. The molecule has 0 bridgehead atoms. The maximum absolute atomic E-state index is 11.9. The van der Waals surface area contributed by atoms with Crippen molar-refractivity contribution in [3.05, 3.63) is 65.2 Å². The fourth-order valence-electron chi connectivity index (χ4n) is 2.45. The van der Waals surface area contributed by atoms with Gasteiger partial charge in [-0.25, -0.2) is 0 Å². The van der Waals surface area contributed by atoms with E-state index in [-0.39, 0.29) is 5.91 Å². The minimum Gasteiger partial charge on any atom is -0.325 e. The summed E-state index contributed by atoms with van der Waals surface area (Å²) in [4.78, 5) is 11.9. The van der Waals surface area contributed by atoms with Crippen LogP contribution in [0.15, 0.2) is 54.6 Å². The van der Waals surface area contributed by atoms with Crippen molar-refractivity contribution < 1.29 is 4.79 Å². The van der Waals surface area contributed by atoms with E-state index in [2.05, 4.69) is 34.9 Å². The lowest BCUT2D eigenvalue weighted by atomic mass is 10.1. The molecule has 0 heterocycles. The van der Waals surface area contributed by atoms with Gasteiger partial charge in [-0.05, 0) is 36.2 Å². The van der Waals surface area contributed by atoms with E-state index in [9.17, 15) is 4.79 Å². The molecule has 1 fully saturated rings. The SMILES string of the molecule is O=C(CNC1CC1c1ccccc1)Nc1ccc(Cl)cc1. The number of halogens is 1. The second kappa shape index (κ2) is 6.29. The predicted molar refractivity (Wildman–Crippen MR) is 85.7 cm³/mol. The van der Waals surface area contributed by atoms with Gasteiger partial charge in [-0.3, -0.25) is 4.79 Å². The van der Waals surface area contributed by atoms with Crippen LogP contribution >= 0.6 is 11.6 Å². The molecule has 0 aromatic heterocycles. The minimum atomic E-state index is -0.0314. The first-order valence-electron chi connectivity index (χ1n) is 7.06. The van der Waals surface area contributed by atoms with Crippen LogP contribution in [-0.2, 0) is 4.79 Å². The van der Waals surface area contributed by atoms with Crippen molar-refractivity contribution in [2.24, 2.45) is 0 Å². The fraction of sp³-hybridized carbons (Fsp3) is 0.235. The first-order chi connectivity index (χ1) is 10.2. The molecule has 3 rings (SSSR count). The molecule has 2 atom stereocenters. The van der Waals surface area contributed by atoms with Crippen LogP contribution in [0, 0.1) is 0 Å². The summed E-state index contributed by atoms with van der Waals surface area (Å²) in [5.74, 6) is 0.505. The van der Waals surface area contributed by atoms with Gasteiger partial charge in [-0.1, -0.05) is 41.9 Å². The largest absolute Gasteiger partial charge is 0.325 e. The molecule has 2 aromatic carbocycles. The topological polar surface area (TPSA) is 41.1 Å². The summed E-state index contributed by atoms with van der Waals surface area (Å²) in [7, 11) is 0. The Balaban J connectivity index is 1.44. The van der Waals surface area contributed by atoms with Crippen molar-refractivity contribution in [3.63, 3.8) is 0 Å². The minimum absolute atomic E-state index is 0.0314. The molecule has 1 amide bonds. The number of anilines is 1. The lowest BCUT2D eigenvalue weighted by Crippen LogP contribution is -2.30. The normalized spacial score (nSPS) is 20.0. The molecule has 108 valence electrons. The molecule has 0 aliphatic heterocycles. The van der Waals surface area contributed by atoms with E-state index in [1.165, 1.54) is 5.56 Å². The van der Waals surface area contributed by atoms with E-state index in [0.717, 1.165) is 12.1 Å². The van der Waals surface area contributed by atoms with Gasteiger partial charge in [0.1, 0.15) is 0 Å². The molecule has 1 aliphatic rings. The van der Waals surface area contributed by atoms with Crippen LogP contribution < -0.4 is 10.6 Å². The second-order valence-electron chi connectivity index (χ2n) is 5.30. The van der Waals surface area contributed by atoms with Crippen LogP contribution in [0.5, 0.6) is 0 Å². The number of amides is 1. The molecule has 2 N–H and O–H groups in total. The zero-order chi connectivity index (χ0) is 14.7. The van der Waals surface area contributed by atoms with E-state index < -0.39 is 0 Å². The molecule has 1 aliphatic carbocycles. The zero-order valence-electron chi connectivity index (χ0n) is 11.6.